The number of hydrogen-bond donors (Lipinski definition) is 1. The number of anilines is 2. The predicted octanol–water partition coefficient (Wildman–Crippen LogP) is 6.63. The van der Waals surface area contributed by atoms with Gasteiger partial charge >= 0.3 is 0 Å². The molecule has 2 heterocycles. The van der Waals surface area contributed by atoms with Crippen molar-refractivity contribution in [2.45, 2.75) is 83.6 Å². The number of nitrogens with zero attached hydrogens (tertiary/aromatic N) is 2. The molecule has 2 atom stereocenters. The average molecular weight is 502 g/mol. The van der Waals surface area contributed by atoms with Gasteiger partial charge in [-0.2, -0.15) is 0 Å². The van der Waals surface area contributed by atoms with Crippen molar-refractivity contribution in [1.82, 2.24) is 4.90 Å². The summed E-state index contributed by atoms with van der Waals surface area (Å²) in [7, 11) is 0. The molecule has 2 amide bonds. The van der Waals surface area contributed by atoms with Crippen LogP contribution in [0, 0.1) is 11.8 Å². The fourth-order valence-electron chi connectivity index (χ4n) is 6.77. The SMILES string of the molecule is CC(C)(C)c1cccc(NC(=O)C2CCCN(C(=O)c3ccccc3N3CCCC3)[C@H]2C2CCCC2)c1. The van der Waals surface area contributed by atoms with E-state index < -0.39 is 0 Å². The Morgan fingerprint density at radius 3 is 2.30 bits per heavy atom. The number of amides is 2. The van der Waals surface area contributed by atoms with Crippen LogP contribution in [-0.4, -0.2) is 42.4 Å². The number of carbonyl (C=O) groups excluding carboxylic acids is 2. The van der Waals surface area contributed by atoms with Crippen molar-refractivity contribution in [2.75, 3.05) is 29.9 Å². The number of likely N-dealkylation sites (tertiary alicyclic amines) is 1. The van der Waals surface area contributed by atoms with Crippen LogP contribution in [0.5, 0.6) is 0 Å². The number of benzene rings is 2. The van der Waals surface area contributed by atoms with Crippen molar-refractivity contribution in [1.29, 1.82) is 0 Å². The van der Waals surface area contributed by atoms with E-state index >= 15 is 0 Å². The molecule has 1 unspecified atom stereocenters. The lowest BCUT2D eigenvalue weighted by molar-refractivity contribution is -0.124. The predicted molar refractivity (Wildman–Crippen MR) is 151 cm³/mol. The van der Waals surface area contributed by atoms with Crippen molar-refractivity contribution in [3.8, 4) is 0 Å². The molecule has 0 radical (unpaired) electrons. The molecular formula is C32H43N3O2. The highest BCUT2D eigenvalue weighted by Gasteiger charge is 2.44. The fraction of sp³-hybridized carbons (Fsp3) is 0.562. The van der Waals surface area contributed by atoms with Crippen LogP contribution in [0.2, 0.25) is 0 Å². The summed E-state index contributed by atoms with van der Waals surface area (Å²) in [6.07, 6.45) is 8.64. The fourth-order valence-corrected chi connectivity index (χ4v) is 6.77. The zero-order valence-corrected chi connectivity index (χ0v) is 22.8. The van der Waals surface area contributed by atoms with Crippen LogP contribution >= 0.6 is 0 Å². The van der Waals surface area contributed by atoms with Gasteiger partial charge in [0, 0.05) is 37.1 Å². The molecule has 3 aliphatic rings. The van der Waals surface area contributed by atoms with Crippen LogP contribution < -0.4 is 10.2 Å². The maximum absolute atomic E-state index is 14.2. The number of rotatable bonds is 5. The molecule has 2 aromatic rings. The van der Waals surface area contributed by atoms with Gasteiger partial charge in [0.1, 0.15) is 0 Å². The van der Waals surface area contributed by atoms with Gasteiger partial charge in [0.25, 0.3) is 5.91 Å². The highest BCUT2D eigenvalue weighted by Crippen LogP contribution is 2.40. The van der Waals surface area contributed by atoms with E-state index in [-0.39, 0.29) is 29.2 Å². The number of para-hydroxylation sites is 1. The first-order valence-electron chi connectivity index (χ1n) is 14.4. The van der Waals surface area contributed by atoms with Crippen LogP contribution in [0.15, 0.2) is 48.5 Å². The van der Waals surface area contributed by atoms with E-state index in [4.69, 9.17) is 0 Å². The minimum Gasteiger partial charge on any atom is -0.371 e. The molecule has 1 N–H and O–H groups in total. The van der Waals surface area contributed by atoms with Crippen molar-refractivity contribution in [2.24, 2.45) is 11.8 Å². The Kier molecular flexibility index (Phi) is 7.60. The molecule has 198 valence electrons. The molecule has 1 saturated carbocycles. The third-order valence-electron chi connectivity index (χ3n) is 8.74. The number of piperidine rings is 1. The lowest BCUT2D eigenvalue weighted by Crippen LogP contribution is -2.54. The average Bonchev–Trinajstić information content (AvgIpc) is 3.62. The summed E-state index contributed by atoms with van der Waals surface area (Å²) in [5.74, 6) is 0.373. The topological polar surface area (TPSA) is 52.7 Å². The Balaban J connectivity index is 1.42. The van der Waals surface area contributed by atoms with Gasteiger partial charge in [-0.25, -0.2) is 0 Å². The molecule has 5 rings (SSSR count). The normalized spacial score (nSPS) is 22.9. The summed E-state index contributed by atoms with van der Waals surface area (Å²) in [6, 6.07) is 16.3. The minimum atomic E-state index is -0.182. The molecule has 5 heteroatoms. The van der Waals surface area contributed by atoms with Crippen LogP contribution in [0.25, 0.3) is 0 Å². The Hall–Kier alpha value is -2.82. The zero-order valence-electron chi connectivity index (χ0n) is 22.8. The summed E-state index contributed by atoms with van der Waals surface area (Å²) in [5, 5.41) is 3.25. The van der Waals surface area contributed by atoms with E-state index in [1.165, 1.54) is 31.2 Å². The first kappa shape index (κ1) is 25.8. The maximum atomic E-state index is 14.2. The van der Waals surface area contributed by atoms with Crippen LogP contribution in [-0.2, 0) is 10.2 Å². The monoisotopic (exact) mass is 501 g/mol. The standard InChI is InChI=1S/C32H43N3O2/c1-32(2,3)24-14-10-15-25(22-24)33-30(36)27-17-11-21-35(29(27)23-12-4-5-13-23)31(37)26-16-6-7-18-28(26)34-19-8-9-20-34/h6-7,10,14-16,18,22-23,27,29H,4-5,8-9,11-13,17,19-21H2,1-3H3,(H,33,36)/t27?,29-/m0/s1. The van der Waals surface area contributed by atoms with Gasteiger partial charge in [0.05, 0.1) is 11.5 Å². The molecule has 3 fully saturated rings. The van der Waals surface area contributed by atoms with Gasteiger partial charge in [0.15, 0.2) is 0 Å². The van der Waals surface area contributed by atoms with Gasteiger partial charge in [-0.05, 0) is 79.7 Å². The summed E-state index contributed by atoms with van der Waals surface area (Å²) < 4.78 is 0. The molecule has 0 spiro atoms. The number of nitrogens with one attached hydrogen (secondary N) is 1. The second kappa shape index (κ2) is 10.9. The van der Waals surface area contributed by atoms with E-state index in [1.807, 2.05) is 30.3 Å². The Labute approximate surface area is 222 Å². The van der Waals surface area contributed by atoms with Gasteiger partial charge in [-0.15, -0.1) is 0 Å². The van der Waals surface area contributed by atoms with Gasteiger partial charge < -0.3 is 15.1 Å². The molecular weight excluding hydrogens is 458 g/mol. The summed E-state index contributed by atoms with van der Waals surface area (Å²) >= 11 is 0. The quantitative estimate of drug-likeness (QED) is 0.500. The van der Waals surface area contributed by atoms with E-state index in [0.29, 0.717) is 5.92 Å². The largest absolute Gasteiger partial charge is 0.371 e. The third kappa shape index (κ3) is 5.56. The van der Waals surface area contributed by atoms with Crippen LogP contribution in [0.4, 0.5) is 11.4 Å². The highest BCUT2D eigenvalue weighted by atomic mass is 16.2. The molecule has 37 heavy (non-hydrogen) atoms. The Morgan fingerprint density at radius 2 is 1.57 bits per heavy atom. The molecule has 5 nitrogen and oxygen atoms in total. The maximum Gasteiger partial charge on any atom is 0.256 e. The smallest absolute Gasteiger partial charge is 0.256 e. The van der Waals surface area contributed by atoms with Gasteiger partial charge in [-0.1, -0.05) is 57.9 Å². The lowest BCUT2D eigenvalue weighted by Gasteiger charge is -2.44. The Morgan fingerprint density at radius 1 is 0.838 bits per heavy atom. The summed E-state index contributed by atoms with van der Waals surface area (Å²) in [6.45, 7) is 9.32. The van der Waals surface area contributed by atoms with Crippen molar-refractivity contribution in [3.63, 3.8) is 0 Å². The van der Waals surface area contributed by atoms with Crippen molar-refractivity contribution < 1.29 is 9.59 Å². The van der Waals surface area contributed by atoms with Crippen molar-refractivity contribution in [3.05, 3.63) is 59.7 Å². The first-order chi connectivity index (χ1) is 17.8. The van der Waals surface area contributed by atoms with Crippen LogP contribution in [0.1, 0.15) is 88.1 Å². The molecule has 0 aromatic heterocycles. The molecule has 0 bridgehead atoms. The molecule has 2 aromatic carbocycles. The molecule has 2 saturated heterocycles. The van der Waals surface area contributed by atoms with E-state index in [9.17, 15) is 9.59 Å². The Bertz CT molecular complexity index is 1110. The molecule has 2 aliphatic heterocycles. The summed E-state index contributed by atoms with van der Waals surface area (Å²) in [5.41, 5.74) is 3.93. The third-order valence-corrected chi connectivity index (χ3v) is 8.74. The second-order valence-corrected chi connectivity index (χ2v) is 12.3. The van der Waals surface area contributed by atoms with E-state index in [0.717, 1.165) is 62.3 Å². The highest BCUT2D eigenvalue weighted by molar-refractivity contribution is 6.01. The zero-order chi connectivity index (χ0) is 26.0. The first-order valence-corrected chi connectivity index (χ1v) is 14.4. The van der Waals surface area contributed by atoms with Gasteiger partial charge in [0.2, 0.25) is 5.91 Å². The van der Waals surface area contributed by atoms with Gasteiger partial charge in [-0.3, -0.25) is 9.59 Å². The number of carbonyl (C=O) groups is 2. The van der Waals surface area contributed by atoms with Crippen LogP contribution in [0.3, 0.4) is 0 Å². The number of hydrogen-bond acceptors (Lipinski definition) is 3. The minimum absolute atomic E-state index is 0.0178. The second-order valence-electron chi connectivity index (χ2n) is 12.3. The van der Waals surface area contributed by atoms with E-state index in [1.54, 1.807) is 0 Å². The van der Waals surface area contributed by atoms with E-state index in [2.05, 4.69) is 54.1 Å². The molecule has 1 aliphatic carbocycles. The van der Waals surface area contributed by atoms with Crippen molar-refractivity contribution >= 4 is 23.2 Å². The lowest BCUT2D eigenvalue weighted by atomic mass is 9.79. The summed E-state index contributed by atoms with van der Waals surface area (Å²) in [4.78, 5) is 32.5.